The second-order valence-corrected chi connectivity index (χ2v) is 23.1. The summed E-state index contributed by atoms with van der Waals surface area (Å²) in [6, 6.07) is 101. The SMILES string of the molecule is O=c1c2cc3cc(c2)c(=O)n(-c2ccccc2)c2ccc(cc2)c2ccc(cn2)c2ccccc2c2cc(cc(c2)c2ccccc2c2ccc(nc2)c2ccc(cc2)n(-c2ccccc2)c3=O)c2ccccc2c2ccc(nc2)c2ccc(cc2)n1-c1ccccc1. The van der Waals surface area contributed by atoms with E-state index >= 15 is 14.4 Å². The lowest BCUT2D eigenvalue weighted by Crippen LogP contribution is -2.20. The molecule has 438 valence electrons. The van der Waals surface area contributed by atoms with Crippen molar-refractivity contribution < 1.29 is 0 Å². The van der Waals surface area contributed by atoms with Crippen LogP contribution in [0, 0.1) is 0 Å². The first-order valence-corrected chi connectivity index (χ1v) is 30.8. The van der Waals surface area contributed by atoms with Crippen LogP contribution in [0.3, 0.4) is 0 Å². The van der Waals surface area contributed by atoms with Crippen LogP contribution in [-0.4, -0.2) is 28.7 Å². The van der Waals surface area contributed by atoms with Gasteiger partial charge in [0.1, 0.15) is 0 Å². The first kappa shape index (κ1) is 55.6. The Bertz CT molecular complexity index is 5560. The van der Waals surface area contributed by atoms with E-state index in [1.165, 1.54) is 0 Å². The molecule has 24 heterocycles. The van der Waals surface area contributed by atoms with Gasteiger partial charge >= 0.3 is 0 Å². The van der Waals surface area contributed by atoms with Gasteiger partial charge in [-0.3, -0.25) is 43.0 Å². The first-order chi connectivity index (χ1) is 45.8. The van der Waals surface area contributed by atoms with Crippen molar-refractivity contribution in [3.05, 3.63) is 359 Å². The summed E-state index contributed by atoms with van der Waals surface area (Å²) < 4.78 is 4.86. The molecule has 0 aliphatic heterocycles. The van der Waals surface area contributed by atoms with Crippen LogP contribution in [0.5, 0.6) is 0 Å². The molecular formula is C84H54N6O3. The minimum absolute atomic E-state index is 0.109. The highest BCUT2D eigenvalue weighted by Crippen LogP contribution is 2.32. The Hall–Kier alpha value is -12.7. The highest BCUT2D eigenvalue weighted by Gasteiger charge is 2.12. The van der Waals surface area contributed by atoms with Gasteiger partial charge < -0.3 is 0 Å². The van der Waals surface area contributed by atoms with Gasteiger partial charge in [0.2, 0.25) is 0 Å². The summed E-state index contributed by atoms with van der Waals surface area (Å²) in [7, 11) is 0. The number of benzene rings is 11. The fraction of sp³-hybridized carbons (Fsp3) is 0. The Labute approximate surface area is 531 Å². The average molecular weight is 1200 g/mol. The lowest BCUT2D eigenvalue weighted by Gasteiger charge is -2.09. The van der Waals surface area contributed by atoms with Crippen LogP contribution in [0.4, 0.5) is 0 Å². The molecule has 9 nitrogen and oxygen atoms in total. The molecule has 18 bridgehead atoms. The van der Waals surface area contributed by atoms with Gasteiger partial charge in [-0.05, 0) is 176 Å². The summed E-state index contributed by atoms with van der Waals surface area (Å²) in [5.41, 5.74) is 4.23. The zero-order valence-electron chi connectivity index (χ0n) is 50.1. The molecule has 0 radical (unpaired) electrons. The molecule has 0 saturated heterocycles. The molecule has 0 aliphatic carbocycles. The molecule has 0 aliphatic rings. The van der Waals surface area contributed by atoms with E-state index in [9.17, 15) is 0 Å². The maximum absolute atomic E-state index is 16.0. The molecule has 0 N–H and O–H groups in total. The van der Waals surface area contributed by atoms with Gasteiger partial charge in [-0.2, -0.15) is 0 Å². The molecule has 0 amide bonds. The Morgan fingerprint density at radius 3 is 0.645 bits per heavy atom. The predicted octanol–water partition coefficient (Wildman–Crippen LogP) is 19.2. The molecule has 93 heavy (non-hydrogen) atoms. The highest BCUT2D eigenvalue weighted by molar-refractivity contribution is 6.15. The van der Waals surface area contributed by atoms with E-state index in [4.69, 9.17) is 15.0 Å². The summed E-state index contributed by atoms with van der Waals surface area (Å²) in [5.74, 6) is 0. The van der Waals surface area contributed by atoms with Crippen molar-refractivity contribution in [1.82, 2.24) is 28.7 Å². The predicted molar refractivity (Wildman–Crippen MR) is 386 cm³/mol. The van der Waals surface area contributed by atoms with E-state index in [0.29, 0.717) is 33.6 Å². The Kier molecular flexibility index (Phi) is 14.1. The number of nitrogens with zero attached hydrogens (tertiary/aromatic N) is 6. The van der Waals surface area contributed by atoms with Crippen LogP contribution < -0.4 is 16.7 Å². The maximum Gasteiger partial charge on any atom is 0.262 e. The number of para-hydroxylation sites is 3. The van der Waals surface area contributed by atoms with Crippen molar-refractivity contribution in [2.75, 3.05) is 0 Å². The van der Waals surface area contributed by atoms with Crippen LogP contribution in [0.15, 0.2) is 342 Å². The van der Waals surface area contributed by atoms with E-state index in [1.54, 1.807) is 31.9 Å². The fourth-order valence-corrected chi connectivity index (χ4v) is 12.8. The lowest BCUT2D eigenvalue weighted by molar-refractivity contribution is 1.05. The third-order valence-electron chi connectivity index (χ3n) is 17.5. The fourth-order valence-electron chi connectivity index (χ4n) is 12.8. The van der Waals surface area contributed by atoms with Gasteiger partial charge in [0, 0.05) is 101 Å². The quantitative estimate of drug-likeness (QED) is 0.175. The monoisotopic (exact) mass is 1190 g/mol. The van der Waals surface area contributed by atoms with Crippen molar-refractivity contribution in [2.24, 2.45) is 0 Å². The largest absolute Gasteiger partial charge is 0.277 e. The van der Waals surface area contributed by atoms with Gasteiger partial charge in [-0.25, -0.2) is 0 Å². The van der Waals surface area contributed by atoms with Gasteiger partial charge in [-0.15, -0.1) is 0 Å². The van der Waals surface area contributed by atoms with Crippen molar-refractivity contribution in [1.29, 1.82) is 0 Å². The molecule has 0 unspecified atom stereocenters. The Morgan fingerprint density at radius 1 is 0.194 bits per heavy atom. The second-order valence-electron chi connectivity index (χ2n) is 23.1. The summed E-state index contributed by atoms with van der Waals surface area (Å²) >= 11 is 0. The van der Waals surface area contributed by atoms with E-state index in [-0.39, 0.29) is 16.2 Å². The van der Waals surface area contributed by atoms with Crippen molar-refractivity contribution in [3.63, 3.8) is 0 Å². The van der Waals surface area contributed by atoms with Gasteiger partial charge in [0.05, 0.1) is 16.6 Å². The molecule has 35 rings (SSSR count). The standard InChI is InChI=1S/C84H54N6O3/c91-82-64-49-65-51-66(50-64)84(93)90(69-20-8-3-9-21-69)72-41-32-57(33-42-72)81-45-36-60(54-87-81)75-24-12-15-27-78(75)63-47-61(76-25-13-10-22-73(76)58-34-43-79(85-52-58)55-28-37-70(38-29-55)88(82)67-16-4-1-5-17-67)46-62(48-63)77-26-14-11-23-74(77)59-35-44-80(86-53-59)56-30-39-71(40-31-56)89(83(65)92)68-18-6-2-7-19-68/h1-54H. The molecule has 0 saturated carbocycles. The number of aromatic nitrogens is 6. The Morgan fingerprint density at radius 2 is 0.409 bits per heavy atom. The van der Waals surface area contributed by atoms with Gasteiger partial charge in [-0.1, -0.05) is 182 Å². The zero-order chi connectivity index (χ0) is 62.4. The summed E-state index contributed by atoms with van der Waals surface area (Å²) in [6.07, 6.45) is 5.78. The van der Waals surface area contributed by atoms with E-state index < -0.39 is 16.7 Å². The van der Waals surface area contributed by atoms with Crippen LogP contribution >= 0.6 is 0 Å². The van der Waals surface area contributed by atoms with E-state index in [1.807, 2.05) is 201 Å². The first-order valence-electron chi connectivity index (χ1n) is 30.8. The minimum Gasteiger partial charge on any atom is -0.277 e. The molecule has 9 heteroatoms. The summed E-state index contributed by atoms with van der Waals surface area (Å²) in [5, 5.41) is 14.9. The third-order valence-corrected chi connectivity index (χ3v) is 17.5. The normalized spacial score (nSPS) is 11.4. The van der Waals surface area contributed by atoms with Crippen LogP contribution in [0.1, 0.15) is 0 Å². The molecule has 0 atom stereocenters. The smallest absolute Gasteiger partial charge is 0.262 e. The minimum atomic E-state index is -0.467. The number of hydrogen-bond donors (Lipinski definition) is 0. The Balaban J connectivity index is 1.14. The van der Waals surface area contributed by atoms with E-state index in [2.05, 4.69) is 109 Å². The second kappa shape index (κ2) is 23.7. The number of rotatable bonds is 3. The molecule has 35 aromatic rings. The van der Waals surface area contributed by atoms with Crippen LogP contribution in [-0.2, 0) is 0 Å². The summed E-state index contributed by atoms with van der Waals surface area (Å²) in [4.78, 5) is 63.3. The lowest BCUT2D eigenvalue weighted by atomic mass is 9.98. The van der Waals surface area contributed by atoms with Crippen molar-refractivity contribution in [3.8, 4) is 17.1 Å². The van der Waals surface area contributed by atoms with Crippen molar-refractivity contribution in [2.45, 2.75) is 0 Å². The van der Waals surface area contributed by atoms with Crippen molar-refractivity contribution >= 4 is 130 Å². The topological polar surface area (TPSA) is 105 Å². The van der Waals surface area contributed by atoms with E-state index in [0.717, 1.165) is 97.3 Å². The number of pyridine rings is 3. The molecule has 24 aromatic heterocycles. The molecular weight excluding hydrogens is 1140 g/mol. The summed E-state index contributed by atoms with van der Waals surface area (Å²) in [6.45, 7) is 0. The number of hydrogen-bond acceptors (Lipinski definition) is 6. The van der Waals surface area contributed by atoms with Crippen LogP contribution in [0.25, 0.3) is 147 Å². The third kappa shape index (κ3) is 10.5. The zero-order valence-corrected chi connectivity index (χ0v) is 50.1. The molecule has 0 fully saturated rings. The molecule has 11 aromatic carbocycles. The maximum atomic E-state index is 16.0. The average Bonchev–Trinajstić information content (AvgIpc) is 0.836. The van der Waals surface area contributed by atoms with Gasteiger partial charge in [0.25, 0.3) is 16.7 Å². The van der Waals surface area contributed by atoms with Crippen LogP contribution in [0.2, 0.25) is 0 Å². The molecule has 0 spiro atoms. The van der Waals surface area contributed by atoms with Gasteiger partial charge in [0.15, 0.2) is 0 Å². The highest BCUT2D eigenvalue weighted by atomic mass is 16.1.